The molecule has 0 radical (unpaired) electrons. The Labute approximate surface area is 75.1 Å². The van der Waals surface area contributed by atoms with E-state index in [0.29, 0.717) is 5.41 Å². The summed E-state index contributed by atoms with van der Waals surface area (Å²) in [6.45, 7) is 3.23. The lowest BCUT2D eigenvalue weighted by molar-refractivity contribution is -0.0803. The molecule has 0 saturated heterocycles. The first-order valence-electron chi connectivity index (χ1n) is 4.38. The molecule has 0 heterocycles. The van der Waals surface area contributed by atoms with E-state index < -0.39 is 0 Å². The molecular formula is C9H18ClN. The number of rotatable bonds is 1. The van der Waals surface area contributed by atoms with Crippen LogP contribution in [0.2, 0.25) is 0 Å². The Hall–Kier alpha value is 0.250. The number of halogens is 1. The van der Waals surface area contributed by atoms with Crippen molar-refractivity contribution < 1.29 is 0 Å². The van der Waals surface area contributed by atoms with Crippen molar-refractivity contribution in [1.29, 1.82) is 0 Å². The highest BCUT2D eigenvalue weighted by atomic mass is 35.5. The van der Waals surface area contributed by atoms with E-state index in [9.17, 15) is 0 Å². The average Bonchev–Trinajstić information content (AvgIpc) is 1.77. The number of hydrogen-bond acceptors (Lipinski definition) is 1. The Morgan fingerprint density at radius 2 is 1.82 bits per heavy atom. The molecule has 0 aromatic carbocycles. The van der Waals surface area contributed by atoms with Gasteiger partial charge < -0.3 is 5.73 Å². The van der Waals surface area contributed by atoms with Gasteiger partial charge in [0.05, 0.1) is 0 Å². The highest BCUT2D eigenvalue weighted by molar-refractivity contribution is 5.85. The van der Waals surface area contributed by atoms with Crippen LogP contribution in [0, 0.1) is 10.8 Å². The minimum absolute atomic E-state index is 0. The molecule has 66 valence electrons. The van der Waals surface area contributed by atoms with Crippen molar-refractivity contribution in [1.82, 2.24) is 0 Å². The summed E-state index contributed by atoms with van der Waals surface area (Å²) in [5, 5.41) is 0. The largest absolute Gasteiger partial charge is 0.330 e. The summed E-state index contributed by atoms with van der Waals surface area (Å²) in [4.78, 5) is 0. The second-order valence-corrected chi connectivity index (χ2v) is 4.72. The fraction of sp³-hybridized carbons (Fsp3) is 1.00. The average molecular weight is 176 g/mol. The molecular weight excluding hydrogens is 158 g/mol. The molecule has 2 fully saturated rings. The van der Waals surface area contributed by atoms with Crippen LogP contribution in [0.4, 0.5) is 0 Å². The van der Waals surface area contributed by atoms with Crippen LogP contribution in [0.1, 0.15) is 39.0 Å². The molecule has 0 aromatic heterocycles. The Morgan fingerprint density at radius 3 is 2.09 bits per heavy atom. The van der Waals surface area contributed by atoms with Crippen LogP contribution < -0.4 is 5.73 Å². The smallest absolute Gasteiger partial charge is 0.00228 e. The normalized spacial score (nSPS) is 30.0. The maximum Gasteiger partial charge on any atom is -0.00228 e. The van der Waals surface area contributed by atoms with Crippen LogP contribution >= 0.6 is 12.4 Å². The van der Waals surface area contributed by atoms with Crippen molar-refractivity contribution in [2.24, 2.45) is 16.6 Å². The third kappa shape index (κ3) is 1.29. The van der Waals surface area contributed by atoms with E-state index in [-0.39, 0.29) is 12.4 Å². The van der Waals surface area contributed by atoms with Gasteiger partial charge in [-0.1, -0.05) is 13.3 Å². The lowest BCUT2D eigenvalue weighted by atomic mass is 9.46. The molecule has 1 spiro atoms. The zero-order valence-electron chi connectivity index (χ0n) is 7.23. The molecule has 0 aliphatic heterocycles. The molecule has 2 aliphatic carbocycles. The van der Waals surface area contributed by atoms with E-state index >= 15 is 0 Å². The van der Waals surface area contributed by atoms with Crippen LogP contribution in [-0.2, 0) is 0 Å². The molecule has 2 N–H and O–H groups in total. The Bertz CT molecular complexity index is 136. The van der Waals surface area contributed by atoms with E-state index in [2.05, 4.69) is 6.92 Å². The second-order valence-electron chi connectivity index (χ2n) is 4.72. The molecule has 1 nitrogen and oxygen atoms in total. The van der Waals surface area contributed by atoms with Gasteiger partial charge in [0, 0.05) is 0 Å². The molecule has 2 rings (SSSR count). The maximum absolute atomic E-state index is 5.67. The predicted octanol–water partition coefficient (Wildman–Crippen LogP) is 2.34. The zero-order chi connectivity index (χ0) is 7.24. The highest BCUT2D eigenvalue weighted by Crippen LogP contribution is 2.63. The van der Waals surface area contributed by atoms with E-state index in [1.165, 1.54) is 32.1 Å². The van der Waals surface area contributed by atoms with Gasteiger partial charge in [-0.2, -0.15) is 0 Å². The predicted molar refractivity (Wildman–Crippen MR) is 49.9 cm³/mol. The maximum atomic E-state index is 5.67. The SMILES string of the molecule is CC1(CN)CC2(CCC2)C1.Cl. The van der Waals surface area contributed by atoms with Gasteiger partial charge in [0.2, 0.25) is 0 Å². The lowest BCUT2D eigenvalue weighted by Crippen LogP contribution is -2.52. The van der Waals surface area contributed by atoms with Crippen LogP contribution in [-0.4, -0.2) is 6.54 Å². The molecule has 0 amide bonds. The van der Waals surface area contributed by atoms with Crippen molar-refractivity contribution in [2.45, 2.75) is 39.0 Å². The Kier molecular flexibility index (Phi) is 2.24. The van der Waals surface area contributed by atoms with E-state index in [1.807, 2.05) is 0 Å². The molecule has 2 saturated carbocycles. The quantitative estimate of drug-likeness (QED) is 0.651. The highest BCUT2D eigenvalue weighted by Gasteiger charge is 2.53. The van der Waals surface area contributed by atoms with Crippen molar-refractivity contribution in [3.05, 3.63) is 0 Å². The van der Waals surface area contributed by atoms with Crippen molar-refractivity contribution in [3.63, 3.8) is 0 Å². The molecule has 2 aliphatic rings. The third-order valence-corrected chi connectivity index (χ3v) is 3.51. The summed E-state index contributed by atoms with van der Waals surface area (Å²) >= 11 is 0. The molecule has 0 bridgehead atoms. The summed E-state index contributed by atoms with van der Waals surface area (Å²) in [7, 11) is 0. The van der Waals surface area contributed by atoms with Crippen LogP contribution in [0.3, 0.4) is 0 Å². The van der Waals surface area contributed by atoms with E-state index in [4.69, 9.17) is 5.73 Å². The first kappa shape index (κ1) is 9.34. The molecule has 0 unspecified atom stereocenters. The van der Waals surface area contributed by atoms with Gasteiger partial charge >= 0.3 is 0 Å². The van der Waals surface area contributed by atoms with Gasteiger partial charge in [0.25, 0.3) is 0 Å². The molecule has 2 heteroatoms. The van der Waals surface area contributed by atoms with Crippen LogP contribution in [0.25, 0.3) is 0 Å². The number of hydrogen-bond donors (Lipinski definition) is 1. The van der Waals surface area contributed by atoms with Gasteiger partial charge in [-0.3, -0.25) is 0 Å². The molecule has 0 aromatic rings. The van der Waals surface area contributed by atoms with Gasteiger partial charge in [-0.05, 0) is 43.1 Å². The summed E-state index contributed by atoms with van der Waals surface area (Å²) in [5.41, 5.74) is 7.00. The Morgan fingerprint density at radius 1 is 1.27 bits per heavy atom. The van der Waals surface area contributed by atoms with Crippen molar-refractivity contribution in [3.8, 4) is 0 Å². The van der Waals surface area contributed by atoms with Gasteiger partial charge in [-0.15, -0.1) is 12.4 Å². The minimum atomic E-state index is 0. The van der Waals surface area contributed by atoms with E-state index in [1.54, 1.807) is 0 Å². The topological polar surface area (TPSA) is 26.0 Å². The summed E-state index contributed by atoms with van der Waals surface area (Å²) in [5.74, 6) is 0. The monoisotopic (exact) mass is 175 g/mol. The van der Waals surface area contributed by atoms with Crippen LogP contribution in [0.5, 0.6) is 0 Å². The first-order chi connectivity index (χ1) is 4.68. The zero-order valence-corrected chi connectivity index (χ0v) is 8.04. The first-order valence-corrected chi connectivity index (χ1v) is 4.38. The Balaban J connectivity index is 0.000000605. The minimum Gasteiger partial charge on any atom is -0.330 e. The lowest BCUT2D eigenvalue weighted by Gasteiger charge is -2.60. The standard InChI is InChI=1S/C9H17N.ClH/c1-8(7-10)5-9(6-8)3-2-4-9;/h2-7,10H2,1H3;1H. The van der Waals surface area contributed by atoms with Gasteiger partial charge in [-0.25, -0.2) is 0 Å². The third-order valence-electron chi connectivity index (χ3n) is 3.51. The summed E-state index contributed by atoms with van der Waals surface area (Å²) in [6, 6.07) is 0. The van der Waals surface area contributed by atoms with Gasteiger partial charge in [0.1, 0.15) is 0 Å². The molecule has 11 heavy (non-hydrogen) atoms. The van der Waals surface area contributed by atoms with E-state index in [0.717, 1.165) is 12.0 Å². The number of nitrogens with two attached hydrogens (primary N) is 1. The summed E-state index contributed by atoms with van der Waals surface area (Å²) < 4.78 is 0. The van der Waals surface area contributed by atoms with Crippen molar-refractivity contribution >= 4 is 12.4 Å². The van der Waals surface area contributed by atoms with Crippen LogP contribution in [0.15, 0.2) is 0 Å². The fourth-order valence-corrected chi connectivity index (χ4v) is 2.93. The van der Waals surface area contributed by atoms with Crippen molar-refractivity contribution in [2.75, 3.05) is 6.54 Å². The second kappa shape index (κ2) is 2.63. The molecule has 0 atom stereocenters. The fourth-order valence-electron chi connectivity index (χ4n) is 2.93. The summed E-state index contributed by atoms with van der Waals surface area (Å²) in [6.07, 6.45) is 7.28. The van der Waals surface area contributed by atoms with Gasteiger partial charge in [0.15, 0.2) is 0 Å².